The van der Waals surface area contributed by atoms with Gasteiger partial charge in [-0.05, 0) is 57.0 Å². The van der Waals surface area contributed by atoms with Crippen LogP contribution in [0.4, 0.5) is 0 Å². The second kappa shape index (κ2) is 8.90. The van der Waals surface area contributed by atoms with Crippen molar-refractivity contribution in [2.75, 3.05) is 46.4 Å². The zero-order chi connectivity index (χ0) is 18.6. The average molecular weight is 348 g/mol. The van der Waals surface area contributed by atoms with E-state index >= 15 is 0 Å². The Bertz CT molecular complexity index is 609. The Kier molecular flexibility index (Phi) is 7.14. The van der Waals surface area contributed by atoms with E-state index < -0.39 is 0 Å². The van der Waals surface area contributed by atoms with E-state index in [4.69, 9.17) is 4.74 Å². The first-order chi connectivity index (χ1) is 11.8. The average Bonchev–Trinajstić information content (AvgIpc) is 2.51. The summed E-state index contributed by atoms with van der Waals surface area (Å²) in [4.78, 5) is 16.4. The van der Waals surface area contributed by atoms with Crippen LogP contribution in [0.5, 0.6) is 0 Å². The highest BCUT2D eigenvalue weighted by Crippen LogP contribution is 2.24. The third-order valence-corrected chi connectivity index (χ3v) is 5.01. The molecule has 1 saturated heterocycles. The first-order valence-corrected chi connectivity index (χ1v) is 9.07. The Labute approximate surface area is 151 Å². The minimum atomic E-state index is -0.388. The zero-order valence-electron chi connectivity index (χ0n) is 16.3. The van der Waals surface area contributed by atoms with Crippen molar-refractivity contribution in [2.24, 2.45) is 0 Å². The lowest BCUT2D eigenvalue weighted by Gasteiger charge is -2.30. The van der Waals surface area contributed by atoms with Crippen LogP contribution in [0.15, 0.2) is 6.07 Å². The molecule has 1 fully saturated rings. The van der Waals surface area contributed by atoms with Gasteiger partial charge in [0.15, 0.2) is 5.78 Å². The summed E-state index contributed by atoms with van der Waals surface area (Å²) in [5.74, 6) is 0.117. The molecule has 0 saturated carbocycles. The quantitative estimate of drug-likeness (QED) is 0.763. The Morgan fingerprint density at radius 2 is 1.92 bits per heavy atom. The molecule has 0 amide bonds. The van der Waals surface area contributed by atoms with Crippen molar-refractivity contribution in [3.8, 4) is 0 Å². The molecular formula is C20H32N2O3. The predicted molar refractivity (Wildman–Crippen MR) is 100 cm³/mol. The molecule has 1 aromatic rings. The minimum absolute atomic E-state index is 0.117. The number of carbonyl (C=O) groups excluding carboxylic acids is 1. The molecule has 0 aromatic heterocycles. The molecule has 0 aliphatic carbocycles. The number of β-amino-alcohol motifs (C(OH)–C–C–N with tert-alkyl or cyclic N) is 1. The largest absolute Gasteiger partial charge is 0.390 e. The van der Waals surface area contributed by atoms with Gasteiger partial charge in [-0.1, -0.05) is 6.07 Å². The lowest BCUT2D eigenvalue weighted by Crippen LogP contribution is -2.44. The fourth-order valence-electron chi connectivity index (χ4n) is 3.85. The van der Waals surface area contributed by atoms with Gasteiger partial charge >= 0.3 is 0 Å². The fraction of sp³-hybridized carbons (Fsp3) is 0.650. The number of Topliss-reactive ketones (excluding diaryl/α,β-unsaturated/α-hetero) is 1. The van der Waals surface area contributed by atoms with Crippen molar-refractivity contribution < 1.29 is 14.6 Å². The standard InChI is InChI=1S/C20H32N2O3/c1-14-10-15(2)20(17(4)23)16(3)19(14)13-21(5)11-18(24)12-22-6-8-25-9-7-22/h10,18,24H,6-9,11-13H2,1-5H3. The number of carbonyl (C=O) groups is 1. The van der Waals surface area contributed by atoms with Crippen LogP contribution in [0, 0.1) is 20.8 Å². The third kappa shape index (κ3) is 5.35. The normalized spacial score (nSPS) is 17.1. The maximum Gasteiger partial charge on any atom is 0.160 e. The molecule has 1 unspecified atom stereocenters. The highest BCUT2D eigenvalue weighted by atomic mass is 16.5. The van der Waals surface area contributed by atoms with Gasteiger partial charge < -0.3 is 9.84 Å². The van der Waals surface area contributed by atoms with Gasteiger partial charge in [-0.2, -0.15) is 0 Å². The molecule has 1 atom stereocenters. The Hall–Kier alpha value is -1.27. The Morgan fingerprint density at radius 3 is 2.52 bits per heavy atom. The maximum absolute atomic E-state index is 12.0. The molecule has 0 spiro atoms. The predicted octanol–water partition coefficient (Wildman–Crippen LogP) is 1.94. The number of nitrogens with zero attached hydrogens (tertiary/aromatic N) is 2. The van der Waals surface area contributed by atoms with Crippen molar-refractivity contribution >= 4 is 5.78 Å². The number of benzene rings is 1. The number of morpholine rings is 1. The molecule has 1 heterocycles. The van der Waals surface area contributed by atoms with Gasteiger partial charge in [-0.25, -0.2) is 0 Å². The molecule has 1 aliphatic heterocycles. The fourth-order valence-corrected chi connectivity index (χ4v) is 3.85. The smallest absolute Gasteiger partial charge is 0.160 e. The second-order valence-electron chi connectivity index (χ2n) is 7.31. The van der Waals surface area contributed by atoms with E-state index in [1.165, 1.54) is 11.1 Å². The molecule has 25 heavy (non-hydrogen) atoms. The summed E-state index contributed by atoms with van der Waals surface area (Å²) in [7, 11) is 2.02. The number of likely N-dealkylation sites (N-methyl/N-ethyl adjacent to an activating group) is 1. The van der Waals surface area contributed by atoms with Gasteiger partial charge in [0.25, 0.3) is 0 Å². The van der Waals surface area contributed by atoms with Gasteiger partial charge in [0.1, 0.15) is 0 Å². The number of hydrogen-bond acceptors (Lipinski definition) is 5. The number of hydrogen-bond donors (Lipinski definition) is 1. The van der Waals surface area contributed by atoms with Crippen LogP contribution in [-0.4, -0.2) is 73.2 Å². The van der Waals surface area contributed by atoms with Crippen LogP contribution in [0.25, 0.3) is 0 Å². The molecule has 0 radical (unpaired) electrons. The number of rotatable bonds is 7. The van der Waals surface area contributed by atoms with Gasteiger partial charge in [0.05, 0.1) is 19.3 Å². The number of ether oxygens (including phenoxy) is 1. The van der Waals surface area contributed by atoms with E-state index in [1.807, 2.05) is 20.9 Å². The van der Waals surface area contributed by atoms with Crippen LogP contribution in [0.1, 0.15) is 39.5 Å². The van der Waals surface area contributed by atoms with Crippen LogP contribution >= 0.6 is 0 Å². The summed E-state index contributed by atoms with van der Waals surface area (Å²) < 4.78 is 5.35. The molecule has 0 bridgehead atoms. The number of aliphatic hydroxyl groups is 1. The van der Waals surface area contributed by atoms with Crippen molar-refractivity contribution in [1.82, 2.24) is 9.80 Å². The summed E-state index contributed by atoms with van der Waals surface area (Å²) in [5.41, 5.74) is 5.34. The minimum Gasteiger partial charge on any atom is -0.390 e. The van der Waals surface area contributed by atoms with Gasteiger partial charge in [0.2, 0.25) is 0 Å². The highest BCUT2D eigenvalue weighted by molar-refractivity contribution is 5.97. The van der Waals surface area contributed by atoms with Gasteiger partial charge in [-0.3, -0.25) is 14.6 Å². The van der Waals surface area contributed by atoms with Gasteiger partial charge in [0, 0.05) is 38.3 Å². The van der Waals surface area contributed by atoms with Crippen LogP contribution in [0.3, 0.4) is 0 Å². The van der Waals surface area contributed by atoms with E-state index in [-0.39, 0.29) is 11.9 Å². The van der Waals surface area contributed by atoms with Gasteiger partial charge in [-0.15, -0.1) is 0 Å². The molecule has 140 valence electrons. The first-order valence-electron chi connectivity index (χ1n) is 9.07. The topological polar surface area (TPSA) is 53.0 Å². The Balaban J connectivity index is 2.01. The van der Waals surface area contributed by atoms with Crippen LogP contribution < -0.4 is 0 Å². The molecule has 1 aromatic carbocycles. The first kappa shape index (κ1) is 20.0. The van der Waals surface area contributed by atoms with Crippen molar-refractivity contribution in [2.45, 2.75) is 40.3 Å². The summed E-state index contributed by atoms with van der Waals surface area (Å²) >= 11 is 0. The number of ketones is 1. The summed E-state index contributed by atoms with van der Waals surface area (Å²) in [6.45, 7) is 13.0. The molecule has 2 rings (SSSR count). The number of aliphatic hydroxyl groups excluding tert-OH is 1. The van der Waals surface area contributed by atoms with Crippen molar-refractivity contribution in [1.29, 1.82) is 0 Å². The van der Waals surface area contributed by atoms with E-state index in [1.54, 1.807) is 6.92 Å². The Morgan fingerprint density at radius 1 is 1.28 bits per heavy atom. The molecule has 5 nitrogen and oxygen atoms in total. The van der Waals surface area contributed by atoms with Crippen molar-refractivity contribution in [3.05, 3.63) is 33.9 Å². The lowest BCUT2D eigenvalue weighted by atomic mass is 9.91. The number of aryl methyl sites for hydroxylation is 2. The monoisotopic (exact) mass is 348 g/mol. The summed E-state index contributed by atoms with van der Waals surface area (Å²) in [5, 5.41) is 10.4. The highest BCUT2D eigenvalue weighted by Gasteiger charge is 2.19. The van der Waals surface area contributed by atoms with Crippen LogP contribution in [-0.2, 0) is 11.3 Å². The molecule has 5 heteroatoms. The zero-order valence-corrected chi connectivity index (χ0v) is 16.3. The van der Waals surface area contributed by atoms with Crippen molar-refractivity contribution in [3.63, 3.8) is 0 Å². The molecule has 1 N–H and O–H groups in total. The molecule has 1 aliphatic rings. The summed E-state index contributed by atoms with van der Waals surface area (Å²) in [6.07, 6.45) is -0.388. The third-order valence-electron chi connectivity index (χ3n) is 5.01. The maximum atomic E-state index is 12.0. The summed E-state index contributed by atoms with van der Waals surface area (Å²) in [6, 6.07) is 2.09. The van der Waals surface area contributed by atoms with E-state index in [0.29, 0.717) is 13.1 Å². The SMILES string of the molecule is CC(=O)c1c(C)cc(C)c(CN(C)CC(O)CN2CCOCC2)c1C. The molecular weight excluding hydrogens is 316 g/mol. The lowest BCUT2D eigenvalue weighted by molar-refractivity contribution is 0.00822. The van der Waals surface area contributed by atoms with E-state index in [2.05, 4.69) is 22.8 Å². The van der Waals surface area contributed by atoms with Crippen LogP contribution in [0.2, 0.25) is 0 Å². The van der Waals surface area contributed by atoms with E-state index in [0.717, 1.165) is 49.5 Å². The van der Waals surface area contributed by atoms with E-state index in [9.17, 15) is 9.90 Å². The second-order valence-corrected chi connectivity index (χ2v) is 7.31.